The summed E-state index contributed by atoms with van der Waals surface area (Å²) in [5, 5.41) is 0. The summed E-state index contributed by atoms with van der Waals surface area (Å²) in [5.41, 5.74) is 7.27. The molecule has 0 saturated heterocycles. The molecule has 0 aliphatic rings. The van der Waals surface area contributed by atoms with Crippen LogP contribution in [0.25, 0.3) is 0 Å². The second-order valence-corrected chi connectivity index (χ2v) is 9.25. The van der Waals surface area contributed by atoms with Crippen LogP contribution in [0.4, 0.5) is 0 Å². The molecule has 0 saturated carbocycles. The Morgan fingerprint density at radius 2 is 0.972 bits per heavy atom. The minimum Gasteiger partial charge on any atom is -0.298 e. The van der Waals surface area contributed by atoms with E-state index in [4.69, 9.17) is 0 Å². The second kappa shape index (κ2) is 11.7. The van der Waals surface area contributed by atoms with Gasteiger partial charge in [-0.3, -0.25) is 14.5 Å². The highest BCUT2D eigenvalue weighted by Crippen LogP contribution is 2.22. The number of carbonyl (C=O) groups is 2. The van der Waals surface area contributed by atoms with Gasteiger partial charge in [0.05, 0.1) is 0 Å². The number of ketones is 2. The molecule has 0 fully saturated rings. The fraction of sp³-hybridized carbons (Fsp3) is 0.212. The van der Waals surface area contributed by atoms with Crippen molar-refractivity contribution in [2.24, 2.45) is 0 Å². The van der Waals surface area contributed by atoms with Crippen molar-refractivity contribution in [3.05, 3.63) is 142 Å². The van der Waals surface area contributed by atoms with E-state index in [1.807, 2.05) is 92.0 Å². The molecule has 0 aliphatic carbocycles. The molecule has 0 atom stereocenters. The van der Waals surface area contributed by atoms with Gasteiger partial charge in [-0.15, -0.1) is 0 Å². The van der Waals surface area contributed by atoms with Gasteiger partial charge in [0.2, 0.25) is 0 Å². The first kappa shape index (κ1) is 25.3. The van der Waals surface area contributed by atoms with Crippen molar-refractivity contribution in [2.75, 3.05) is 7.05 Å². The highest BCUT2D eigenvalue weighted by atomic mass is 16.1. The molecule has 0 unspecified atom stereocenters. The van der Waals surface area contributed by atoms with Crippen LogP contribution < -0.4 is 0 Å². The third kappa shape index (κ3) is 5.87. The van der Waals surface area contributed by atoms with Crippen LogP contribution in [0.15, 0.2) is 97.1 Å². The molecule has 0 N–H and O–H groups in total. The summed E-state index contributed by atoms with van der Waals surface area (Å²) in [6.45, 7) is 5.46. The number of hydrogen-bond acceptors (Lipinski definition) is 3. The Morgan fingerprint density at radius 1 is 0.583 bits per heavy atom. The first-order chi connectivity index (χ1) is 17.5. The van der Waals surface area contributed by atoms with E-state index in [2.05, 4.69) is 30.9 Å². The molecule has 0 heterocycles. The summed E-state index contributed by atoms with van der Waals surface area (Å²) in [6, 6.07) is 31.2. The van der Waals surface area contributed by atoms with Gasteiger partial charge >= 0.3 is 0 Å². The lowest BCUT2D eigenvalue weighted by Crippen LogP contribution is -2.21. The Bertz CT molecular complexity index is 1240. The lowest BCUT2D eigenvalue weighted by Gasteiger charge is -2.21. The summed E-state index contributed by atoms with van der Waals surface area (Å²) >= 11 is 0. The van der Waals surface area contributed by atoms with Crippen LogP contribution in [0, 0.1) is 0 Å². The van der Waals surface area contributed by atoms with Crippen LogP contribution in [0.5, 0.6) is 0 Å². The molecule has 4 aromatic rings. The van der Waals surface area contributed by atoms with Crippen LogP contribution in [-0.4, -0.2) is 23.5 Å². The smallest absolute Gasteiger partial charge is 0.193 e. The molecule has 0 aliphatic heterocycles. The molecule has 4 aromatic carbocycles. The predicted octanol–water partition coefficient (Wildman–Crippen LogP) is 6.91. The fourth-order valence-corrected chi connectivity index (χ4v) is 4.57. The largest absolute Gasteiger partial charge is 0.298 e. The zero-order valence-corrected chi connectivity index (χ0v) is 21.3. The van der Waals surface area contributed by atoms with E-state index < -0.39 is 0 Å². The fourth-order valence-electron chi connectivity index (χ4n) is 4.57. The average molecular weight is 476 g/mol. The van der Waals surface area contributed by atoms with Crippen molar-refractivity contribution in [1.82, 2.24) is 4.90 Å². The van der Waals surface area contributed by atoms with Crippen molar-refractivity contribution in [1.29, 1.82) is 0 Å². The van der Waals surface area contributed by atoms with Gasteiger partial charge in [0.1, 0.15) is 0 Å². The van der Waals surface area contributed by atoms with Crippen molar-refractivity contribution < 1.29 is 9.59 Å². The topological polar surface area (TPSA) is 37.4 Å². The van der Waals surface area contributed by atoms with E-state index in [0.717, 1.165) is 35.1 Å². The van der Waals surface area contributed by atoms with E-state index in [9.17, 15) is 9.59 Å². The maximum absolute atomic E-state index is 13.3. The maximum atomic E-state index is 13.3. The maximum Gasteiger partial charge on any atom is 0.193 e. The third-order valence-electron chi connectivity index (χ3n) is 6.60. The van der Waals surface area contributed by atoms with Gasteiger partial charge in [-0.05, 0) is 42.1 Å². The Hall–Kier alpha value is -3.82. The Balaban J connectivity index is 1.63. The number of carbonyl (C=O) groups excluding carboxylic acids is 2. The highest BCUT2D eigenvalue weighted by molar-refractivity contribution is 6.10. The average Bonchev–Trinajstić information content (AvgIpc) is 2.93. The minimum atomic E-state index is 0.0366. The summed E-state index contributed by atoms with van der Waals surface area (Å²) in [7, 11) is 2.05. The van der Waals surface area contributed by atoms with Gasteiger partial charge in [0, 0.05) is 35.3 Å². The van der Waals surface area contributed by atoms with E-state index >= 15 is 0 Å². The Labute approximate surface area is 214 Å². The third-order valence-corrected chi connectivity index (χ3v) is 6.60. The molecule has 36 heavy (non-hydrogen) atoms. The first-order valence-corrected chi connectivity index (χ1v) is 12.6. The number of benzene rings is 4. The lowest BCUT2D eigenvalue weighted by atomic mass is 9.94. The Morgan fingerprint density at radius 3 is 1.33 bits per heavy atom. The number of aryl methyl sites for hydroxylation is 2. The summed E-state index contributed by atoms with van der Waals surface area (Å²) < 4.78 is 0. The van der Waals surface area contributed by atoms with Crippen molar-refractivity contribution >= 4 is 11.6 Å². The molecule has 0 amide bonds. The molecule has 0 radical (unpaired) electrons. The van der Waals surface area contributed by atoms with Crippen LogP contribution in [0.3, 0.4) is 0 Å². The van der Waals surface area contributed by atoms with Crippen molar-refractivity contribution in [3.8, 4) is 0 Å². The summed E-state index contributed by atoms with van der Waals surface area (Å²) in [4.78, 5) is 28.8. The SMILES string of the molecule is CCc1ccc(C(=O)c2ccccc2)c(CN(C)Cc2cc(CC)ccc2C(=O)c2ccccc2)c1. The minimum absolute atomic E-state index is 0.0366. The summed E-state index contributed by atoms with van der Waals surface area (Å²) in [6.07, 6.45) is 1.82. The molecule has 0 spiro atoms. The van der Waals surface area contributed by atoms with Gasteiger partial charge in [-0.1, -0.05) is 111 Å². The van der Waals surface area contributed by atoms with Gasteiger partial charge in [0.25, 0.3) is 0 Å². The van der Waals surface area contributed by atoms with Gasteiger partial charge in [-0.2, -0.15) is 0 Å². The molecular weight excluding hydrogens is 442 g/mol. The van der Waals surface area contributed by atoms with Crippen LogP contribution >= 0.6 is 0 Å². The Kier molecular flexibility index (Phi) is 8.24. The van der Waals surface area contributed by atoms with Gasteiger partial charge in [-0.25, -0.2) is 0 Å². The van der Waals surface area contributed by atoms with Crippen LogP contribution in [0.2, 0.25) is 0 Å². The highest BCUT2D eigenvalue weighted by Gasteiger charge is 2.18. The lowest BCUT2D eigenvalue weighted by molar-refractivity contribution is 0.103. The molecule has 3 heteroatoms. The first-order valence-electron chi connectivity index (χ1n) is 12.6. The van der Waals surface area contributed by atoms with Crippen LogP contribution in [0.1, 0.15) is 67.9 Å². The molecule has 182 valence electrons. The van der Waals surface area contributed by atoms with Gasteiger partial charge in [0.15, 0.2) is 11.6 Å². The number of rotatable bonds is 10. The molecule has 4 rings (SSSR count). The standard InChI is InChI=1S/C33H33NO2/c1-4-24-16-18-30(32(35)26-12-8-6-9-13-26)28(20-24)22-34(3)23-29-21-25(5-2)17-19-31(29)33(36)27-14-10-7-11-15-27/h6-21H,4-5,22-23H2,1-3H3. The summed E-state index contributed by atoms with van der Waals surface area (Å²) in [5.74, 6) is 0.0733. The second-order valence-electron chi connectivity index (χ2n) is 9.25. The van der Waals surface area contributed by atoms with E-state index in [1.165, 1.54) is 11.1 Å². The van der Waals surface area contributed by atoms with Gasteiger partial charge < -0.3 is 0 Å². The quantitative estimate of drug-likeness (QED) is 0.234. The number of hydrogen-bond donors (Lipinski definition) is 0. The molecule has 0 bridgehead atoms. The predicted molar refractivity (Wildman–Crippen MR) is 147 cm³/mol. The van der Waals surface area contributed by atoms with Crippen molar-refractivity contribution in [2.45, 2.75) is 39.8 Å². The zero-order chi connectivity index (χ0) is 25.5. The molecule has 3 nitrogen and oxygen atoms in total. The van der Waals surface area contributed by atoms with E-state index in [-0.39, 0.29) is 11.6 Å². The molecular formula is C33H33NO2. The van der Waals surface area contributed by atoms with E-state index in [1.54, 1.807) is 0 Å². The normalized spacial score (nSPS) is 11.0. The zero-order valence-electron chi connectivity index (χ0n) is 21.3. The monoisotopic (exact) mass is 475 g/mol. The van der Waals surface area contributed by atoms with Crippen LogP contribution in [-0.2, 0) is 25.9 Å². The molecule has 0 aromatic heterocycles. The van der Waals surface area contributed by atoms with Crippen molar-refractivity contribution in [3.63, 3.8) is 0 Å². The number of nitrogens with zero attached hydrogens (tertiary/aromatic N) is 1. The van der Waals surface area contributed by atoms with E-state index in [0.29, 0.717) is 24.2 Å².